The molecule has 1 unspecified atom stereocenters. The monoisotopic (exact) mass is 256 g/mol. The van der Waals surface area contributed by atoms with Gasteiger partial charge in [0.15, 0.2) is 0 Å². The molecule has 0 saturated heterocycles. The number of rotatable bonds is 4. The second-order valence-corrected chi connectivity index (χ2v) is 4.42. The van der Waals surface area contributed by atoms with Crippen LogP contribution in [0.4, 0.5) is 0 Å². The van der Waals surface area contributed by atoms with Gasteiger partial charge >= 0.3 is 0 Å². The van der Waals surface area contributed by atoms with E-state index in [9.17, 15) is 0 Å². The van der Waals surface area contributed by atoms with Crippen molar-refractivity contribution in [1.82, 2.24) is 4.98 Å². The van der Waals surface area contributed by atoms with E-state index < -0.39 is 0 Å². The molecule has 2 N–H and O–H groups in total. The van der Waals surface area contributed by atoms with E-state index in [0.717, 1.165) is 23.0 Å². The van der Waals surface area contributed by atoms with Crippen LogP contribution in [-0.4, -0.2) is 4.98 Å². The van der Waals surface area contributed by atoms with E-state index in [-0.39, 0.29) is 6.04 Å². The number of nitrogens with zero attached hydrogens (tertiary/aromatic N) is 1. The largest absolute Gasteiger partial charge is 0.322 e. The van der Waals surface area contributed by atoms with Gasteiger partial charge in [-0.2, -0.15) is 0 Å². The van der Waals surface area contributed by atoms with Crippen LogP contribution in [0.5, 0.6) is 0 Å². The minimum Gasteiger partial charge on any atom is -0.322 e. The Morgan fingerprint density at radius 3 is 2.43 bits per heavy atom. The fraction of sp³-hybridized carbons (Fsp3) is 0.545. The lowest BCUT2D eigenvalue weighted by Gasteiger charge is -2.20. The minimum atomic E-state index is 0.0677. The SMILES string of the molecule is CCC(CC)C(N)c1ccc(Br)cn1. The molecule has 0 amide bonds. The van der Waals surface area contributed by atoms with Crippen LogP contribution in [0.15, 0.2) is 22.8 Å². The fourth-order valence-electron chi connectivity index (χ4n) is 1.62. The van der Waals surface area contributed by atoms with Gasteiger partial charge in [0.2, 0.25) is 0 Å². The third-order valence-corrected chi connectivity index (χ3v) is 3.12. The van der Waals surface area contributed by atoms with Gasteiger partial charge in [0, 0.05) is 16.7 Å². The molecule has 0 fully saturated rings. The van der Waals surface area contributed by atoms with Gasteiger partial charge in [0.05, 0.1) is 5.69 Å². The molecule has 3 heteroatoms. The summed E-state index contributed by atoms with van der Waals surface area (Å²) in [7, 11) is 0. The molecule has 0 radical (unpaired) electrons. The van der Waals surface area contributed by atoms with E-state index in [4.69, 9.17) is 5.73 Å². The van der Waals surface area contributed by atoms with Crippen molar-refractivity contribution in [3.63, 3.8) is 0 Å². The number of halogens is 1. The lowest BCUT2D eigenvalue weighted by atomic mass is 9.92. The van der Waals surface area contributed by atoms with Crippen molar-refractivity contribution in [3.05, 3.63) is 28.5 Å². The van der Waals surface area contributed by atoms with Crippen molar-refractivity contribution in [1.29, 1.82) is 0 Å². The van der Waals surface area contributed by atoms with E-state index >= 15 is 0 Å². The summed E-state index contributed by atoms with van der Waals surface area (Å²) in [5.74, 6) is 0.531. The molecule has 1 aromatic rings. The van der Waals surface area contributed by atoms with Gasteiger partial charge in [-0.15, -0.1) is 0 Å². The average Bonchev–Trinajstić information content (AvgIpc) is 2.20. The molecule has 2 nitrogen and oxygen atoms in total. The Morgan fingerprint density at radius 2 is 2.00 bits per heavy atom. The topological polar surface area (TPSA) is 38.9 Å². The van der Waals surface area contributed by atoms with Crippen LogP contribution < -0.4 is 5.73 Å². The molecule has 1 rings (SSSR count). The average molecular weight is 257 g/mol. The lowest BCUT2D eigenvalue weighted by Crippen LogP contribution is -2.21. The molecule has 1 atom stereocenters. The first-order valence-electron chi connectivity index (χ1n) is 5.06. The van der Waals surface area contributed by atoms with Gasteiger partial charge in [-0.1, -0.05) is 26.7 Å². The molecular formula is C11H17BrN2. The molecule has 0 aromatic carbocycles. The number of pyridine rings is 1. The molecule has 0 aliphatic rings. The molecule has 0 spiro atoms. The number of nitrogens with two attached hydrogens (primary N) is 1. The van der Waals surface area contributed by atoms with E-state index in [2.05, 4.69) is 34.8 Å². The maximum atomic E-state index is 6.13. The van der Waals surface area contributed by atoms with E-state index in [1.54, 1.807) is 6.20 Å². The van der Waals surface area contributed by atoms with Crippen LogP contribution in [0.1, 0.15) is 38.4 Å². The Morgan fingerprint density at radius 1 is 1.36 bits per heavy atom. The van der Waals surface area contributed by atoms with Crippen molar-refractivity contribution >= 4 is 15.9 Å². The second-order valence-electron chi connectivity index (χ2n) is 3.50. The van der Waals surface area contributed by atoms with E-state index in [0.29, 0.717) is 5.92 Å². The zero-order chi connectivity index (χ0) is 10.6. The fourth-order valence-corrected chi connectivity index (χ4v) is 1.86. The van der Waals surface area contributed by atoms with Crippen molar-refractivity contribution in [3.8, 4) is 0 Å². The zero-order valence-electron chi connectivity index (χ0n) is 8.70. The highest BCUT2D eigenvalue weighted by atomic mass is 79.9. The summed E-state index contributed by atoms with van der Waals surface area (Å²) in [6, 6.07) is 4.05. The lowest BCUT2D eigenvalue weighted by molar-refractivity contribution is 0.399. The van der Waals surface area contributed by atoms with Crippen LogP contribution in [0.25, 0.3) is 0 Å². The summed E-state index contributed by atoms with van der Waals surface area (Å²) in [6.07, 6.45) is 4.02. The summed E-state index contributed by atoms with van der Waals surface area (Å²) in [4.78, 5) is 4.32. The van der Waals surface area contributed by atoms with Gasteiger partial charge in [0.25, 0.3) is 0 Å². The summed E-state index contributed by atoms with van der Waals surface area (Å²) in [6.45, 7) is 4.35. The highest BCUT2D eigenvalue weighted by Gasteiger charge is 2.16. The number of hydrogen-bond donors (Lipinski definition) is 1. The van der Waals surface area contributed by atoms with Crippen LogP contribution >= 0.6 is 15.9 Å². The standard InChI is InChI=1S/C11H17BrN2/c1-3-8(4-2)11(13)10-6-5-9(12)7-14-10/h5-8,11H,3-4,13H2,1-2H3. The van der Waals surface area contributed by atoms with Crippen LogP contribution in [0.2, 0.25) is 0 Å². The third-order valence-electron chi connectivity index (χ3n) is 2.65. The maximum Gasteiger partial charge on any atom is 0.0574 e. The minimum absolute atomic E-state index is 0.0677. The van der Waals surface area contributed by atoms with E-state index in [1.165, 1.54) is 0 Å². The van der Waals surface area contributed by atoms with Crippen molar-refractivity contribution in [2.45, 2.75) is 32.7 Å². The van der Waals surface area contributed by atoms with E-state index in [1.807, 2.05) is 12.1 Å². The Bertz CT molecular complexity index is 267. The van der Waals surface area contributed by atoms with Gasteiger partial charge < -0.3 is 5.73 Å². The smallest absolute Gasteiger partial charge is 0.0574 e. The first-order chi connectivity index (χ1) is 6.69. The summed E-state index contributed by atoms with van der Waals surface area (Å²) in [5.41, 5.74) is 7.12. The summed E-state index contributed by atoms with van der Waals surface area (Å²) in [5, 5.41) is 0. The molecule has 0 saturated carbocycles. The third kappa shape index (κ3) is 2.79. The predicted molar refractivity (Wildman–Crippen MR) is 62.9 cm³/mol. The number of aromatic nitrogens is 1. The van der Waals surface area contributed by atoms with Gasteiger partial charge in [0.1, 0.15) is 0 Å². The second kappa shape index (κ2) is 5.47. The maximum absolute atomic E-state index is 6.13. The van der Waals surface area contributed by atoms with Gasteiger partial charge in [-0.3, -0.25) is 4.98 Å². The van der Waals surface area contributed by atoms with Crippen LogP contribution in [0.3, 0.4) is 0 Å². The summed E-state index contributed by atoms with van der Waals surface area (Å²) < 4.78 is 0.998. The molecule has 1 heterocycles. The molecule has 0 aliphatic heterocycles. The molecule has 78 valence electrons. The normalized spacial score (nSPS) is 13.2. The quantitative estimate of drug-likeness (QED) is 0.898. The highest BCUT2D eigenvalue weighted by molar-refractivity contribution is 9.10. The first kappa shape index (κ1) is 11.7. The Hall–Kier alpha value is -0.410. The van der Waals surface area contributed by atoms with Crippen LogP contribution in [-0.2, 0) is 0 Å². The molecule has 1 aromatic heterocycles. The molecule has 0 aliphatic carbocycles. The van der Waals surface area contributed by atoms with Gasteiger partial charge in [-0.05, 0) is 34.0 Å². The highest BCUT2D eigenvalue weighted by Crippen LogP contribution is 2.24. The van der Waals surface area contributed by atoms with Crippen molar-refractivity contribution in [2.24, 2.45) is 11.7 Å². The van der Waals surface area contributed by atoms with Crippen molar-refractivity contribution in [2.75, 3.05) is 0 Å². The Balaban J connectivity index is 2.77. The number of hydrogen-bond acceptors (Lipinski definition) is 2. The predicted octanol–water partition coefficient (Wildman–Crippen LogP) is 3.28. The Kier molecular flexibility index (Phi) is 4.55. The van der Waals surface area contributed by atoms with Crippen LogP contribution in [0, 0.1) is 5.92 Å². The molecule has 14 heavy (non-hydrogen) atoms. The first-order valence-corrected chi connectivity index (χ1v) is 5.85. The zero-order valence-corrected chi connectivity index (χ0v) is 10.3. The van der Waals surface area contributed by atoms with Gasteiger partial charge in [-0.25, -0.2) is 0 Å². The summed E-state index contributed by atoms with van der Waals surface area (Å²) >= 11 is 3.36. The Labute approximate surface area is 94.0 Å². The molecular weight excluding hydrogens is 240 g/mol. The molecule has 0 bridgehead atoms. The van der Waals surface area contributed by atoms with Crippen molar-refractivity contribution < 1.29 is 0 Å².